The van der Waals surface area contributed by atoms with Gasteiger partial charge in [-0.1, -0.05) is 18.2 Å². The molecule has 0 fully saturated rings. The maximum Gasteiger partial charge on any atom is 0.271 e. The van der Waals surface area contributed by atoms with Gasteiger partial charge in [-0.25, -0.2) is 4.39 Å². The molecule has 0 saturated carbocycles. The third-order valence-electron chi connectivity index (χ3n) is 3.52. The van der Waals surface area contributed by atoms with E-state index in [-0.39, 0.29) is 11.4 Å². The van der Waals surface area contributed by atoms with Crippen LogP contribution in [0.5, 0.6) is 5.75 Å². The first-order valence-corrected chi connectivity index (χ1v) is 6.71. The predicted molar refractivity (Wildman–Crippen MR) is 84.4 cm³/mol. The number of aromatic nitrogens is 2. The Morgan fingerprint density at radius 2 is 1.96 bits per heavy atom. The summed E-state index contributed by atoms with van der Waals surface area (Å²) in [6.07, 6.45) is 0. The number of methoxy groups -OCH3 is 1. The number of carbonyl (C=O) groups is 1. The van der Waals surface area contributed by atoms with Gasteiger partial charge in [0.25, 0.3) is 5.91 Å². The number of hydrogen-bond donors (Lipinski definition) is 2. The van der Waals surface area contributed by atoms with Crippen LogP contribution in [-0.4, -0.2) is 23.2 Å². The summed E-state index contributed by atoms with van der Waals surface area (Å²) in [5.41, 5.74) is 12.8. The first kappa shape index (κ1) is 14.7. The van der Waals surface area contributed by atoms with Gasteiger partial charge in [0.05, 0.1) is 12.8 Å². The fraction of sp³-hybridized carbons (Fsp3) is 0.0625. The second-order valence-corrected chi connectivity index (χ2v) is 4.87. The van der Waals surface area contributed by atoms with E-state index in [1.54, 1.807) is 18.2 Å². The number of anilines is 1. The lowest BCUT2D eigenvalue weighted by atomic mass is 10.00. The highest BCUT2D eigenvalue weighted by Crippen LogP contribution is 2.36. The van der Waals surface area contributed by atoms with Crippen molar-refractivity contribution in [1.82, 2.24) is 10.2 Å². The summed E-state index contributed by atoms with van der Waals surface area (Å²) in [7, 11) is 1.49. The van der Waals surface area contributed by atoms with E-state index in [1.807, 2.05) is 0 Å². The molecular formula is C16H13FN4O2. The number of nitrogen functional groups attached to an aromatic ring is 1. The van der Waals surface area contributed by atoms with Gasteiger partial charge < -0.3 is 16.2 Å². The second-order valence-electron chi connectivity index (χ2n) is 4.87. The van der Waals surface area contributed by atoms with Crippen molar-refractivity contribution in [1.29, 1.82) is 0 Å². The van der Waals surface area contributed by atoms with Crippen LogP contribution in [0.3, 0.4) is 0 Å². The zero-order chi connectivity index (χ0) is 16.6. The number of amides is 1. The Labute approximate surface area is 130 Å². The molecule has 116 valence electrons. The molecule has 7 heteroatoms. The fourth-order valence-corrected chi connectivity index (χ4v) is 2.44. The molecule has 1 amide bonds. The molecule has 1 heterocycles. The number of nitrogens with two attached hydrogens (primary N) is 2. The number of carbonyl (C=O) groups excluding carboxylic acids is 1. The summed E-state index contributed by atoms with van der Waals surface area (Å²) in [6.45, 7) is 0. The van der Waals surface area contributed by atoms with Crippen LogP contribution >= 0.6 is 0 Å². The summed E-state index contributed by atoms with van der Waals surface area (Å²) in [5, 5.41) is 8.33. The van der Waals surface area contributed by atoms with Gasteiger partial charge in [-0.2, -0.15) is 0 Å². The van der Waals surface area contributed by atoms with Crippen molar-refractivity contribution in [2.75, 3.05) is 12.8 Å². The second kappa shape index (κ2) is 5.53. The smallest absolute Gasteiger partial charge is 0.271 e. The van der Waals surface area contributed by atoms with Gasteiger partial charge in [-0.3, -0.25) is 4.79 Å². The number of hydrogen-bond acceptors (Lipinski definition) is 5. The van der Waals surface area contributed by atoms with Crippen molar-refractivity contribution in [3.8, 4) is 16.9 Å². The summed E-state index contributed by atoms with van der Waals surface area (Å²) >= 11 is 0. The molecule has 23 heavy (non-hydrogen) atoms. The van der Waals surface area contributed by atoms with E-state index in [0.29, 0.717) is 27.8 Å². The van der Waals surface area contributed by atoms with Crippen LogP contribution in [0.25, 0.3) is 22.0 Å². The summed E-state index contributed by atoms with van der Waals surface area (Å²) in [4.78, 5) is 11.3. The predicted octanol–water partition coefficient (Wildman–Crippen LogP) is 2.13. The molecule has 3 aromatic rings. The topological polar surface area (TPSA) is 104 Å². The normalized spacial score (nSPS) is 10.7. The largest absolute Gasteiger partial charge is 0.496 e. The fourth-order valence-electron chi connectivity index (χ4n) is 2.44. The number of benzene rings is 2. The molecule has 0 spiro atoms. The molecule has 1 aromatic heterocycles. The number of fused-ring (bicyclic) bond motifs is 1. The third kappa shape index (κ3) is 2.42. The molecule has 0 aliphatic heterocycles. The summed E-state index contributed by atoms with van der Waals surface area (Å²) in [6, 6.07) is 9.34. The molecular weight excluding hydrogens is 299 g/mol. The van der Waals surface area contributed by atoms with Gasteiger partial charge in [-0.05, 0) is 18.2 Å². The number of halogens is 1. The van der Waals surface area contributed by atoms with E-state index in [0.717, 1.165) is 0 Å². The minimum Gasteiger partial charge on any atom is -0.496 e. The highest BCUT2D eigenvalue weighted by molar-refractivity contribution is 6.07. The monoisotopic (exact) mass is 312 g/mol. The lowest BCUT2D eigenvalue weighted by Gasteiger charge is -2.12. The van der Waals surface area contributed by atoms with Gasteiger partial charge in [0, 0.05) is 16.5 Å². The van der Waals surface area contributed by atoms with Crippen molar-refractivity contribution < 1.29 is 13.9 Å². The van der Waals surface area contributed by atoms with Crippen LogP contribution in [-0.2, 0) is 0 Å². The third-order valence-corrected chi connectivity index (χ3v) is 3.52. The Morgan fingerprint density at radius 3 is 2.65 bits per heavy atom. The van der Waals surface area contributed by atoms with Gasteiger partial charge in [0.1, 0.15) is 17.1 Å². The molecule has 0 saturated heterocycles. The maximum atomic E-state index is 13.6. The first-order chi connectivity index (χ1) is 11.0. The van der Waals surface area contributed by atoms with E-state index < -0.39 is 11.7 Å². The van der Waals surface area contributed by atoms with E-state index >= 15 is 0 Å². The van der Waals surface area contributed by atoms with Crippen molar-refractivity contribution in [3.05, 3.63) is 47.9 Å². The van der Waals surface area contributed by atoms with Gasteiger partial charge >= 0.3 is 0 Å². The van der Waals surface area contributed by atoms with Crippen molar-refractivity contribution in [2.45, 2.75) is 0 Å². The van der Waals surface area contributed by atoms with Crippen LogP contribution in [0.15, 0.2) is 36.4 Å². The molecule has 3 rings (SSSR count). The molecule has 0 aliphatic rings. The Kier molecular flexibility index (Phi) is 3.53. The van der Waals surface area contributed by atoms with Gasteiger partial charge in [-0.15, -0.1) is 10.2 Å². The quantitative estimate of drug-likeness (QED) is 0.771. The van der Waals surface area contributed by atoms with Crippen molar-refractivity contribution >= 4 is 22.5 Å². The van der Waals surface area contributed by atoms with Gasteiger partial charge in [0.15, 0.2) is 5.69 Å². The van der Waals surface area contributed by atoms with Crippen LogP contribution in [0.2, 0.25) is 0 Å². The van der Waals surface area contributed by atoms with Crippen molar-refractivity contribution in [2.24, 2.45) is 5.73 Å². The zero-order valence-electron chi connectivity index (χ0n) is 12.2. The lowest BCUT2D eigenvalue weighted by Crippen LogP contribution is -2.16. The minimum atomic E-state index is -0.759. The Bertz CT molecular complexity index is 927. The first-order valence-electron chi connectivity index (χ1n) is 6.71. The zero-order valence-corrected chi connectivity index (χ0v) is 12.2. The Balaban J connectivity index is 2.34. The minimum absolute atomic E-state index is 0.0964. The Hall–Kier alpha value is -3.22. The van der Waals surface area contributed by atoms with E-state index in [9.17, 15) is 9.18 Å². The molecule has 0 atom stereocenters. The number of nitrogens with zero attached hydrogens (tertiary/aromatic N) is 2. The van der Waals surface area contributed by atoms with Crippen LogP contribution in [0.1, 0.15) is 10.5 Å². The number of primary amides is 1. The molecule has 2 aromatic carbocycles. The number of rotatable bonds is 3. The summed E-state index contributed by atoms with van der Waals surface area (Å²) in [5.74, 6) is -0.684. The SMILES string of the molecule is COc1ccc(F)cc1-c1cccc2c(N)c(C(N)=O)nnc12. The lowest BCUT2D eigenvalue weighted by molar-refractivity contribution is 0.0996. The van der Waals surface area contributed by atoms with Gasteiger partial charge in [0.2, 0.25) is 0 Å². The molecule has 4 N–H and O–H groups in total. The molecule has 6 nitrogen and oxygen atoms in total. The van der Waals surface area contributed by atoms with E-state index in [1.165, 1.54) is 25.3 Å². The molecule has 0 aliphatic carbocycles. The molecule has 0 bridgehead atoms. The standard InChI is InChI=1S/C16H13FN4O2/c1-23-12-6-5-8(17)7-11(12)9-3-2-4-10-13(18)15(16(19)22)21-20-14(9)10/h2-7H,1H3,(H2,18,20)(H2,19,22). The van der Waals surface area contributed by atoms with Crippen molar-refractivity contribution in [3.63, 3.8) is 0 Å². The number of ether oxygens (including phenoxy) is 1. The van der Waals surface area contributed by atoms with E-state index in [4.69, 9.17) is 16.2 Å². The average Bonchev–Trinajstić information content (AvgIpc) is 2.54. The van der Waals surface area contributed by atoms with Crippen LogP contribution < -0.4 is 16.2 Å². The molecule has 0 unspecified atom stereocenters. The summed E-state index contributed by atoms with van der Waals surface area (Å²) < 4.78 is 18.9. The maximum absolute atomic E-state index is 13.6. The van der Waals surface area contributed by atoms with Crippen LogP contribution in [0.4, 0.5) is 10.1 Å². The van der Waals surface area contributed by atoms with E-state index in [2.05, 4.69) is 10.2 Å². The van der Waals surface area contributed by atoms with Crippen LogP contribution in [0, 0.1) is 5.82 Å². The highest BCUT2D eigenvalue weighted by atomic mass is 19.1. The Morgan fingerprint density at radius 1 is 1.17 bits per heavy atom. The molecule has 0 radical (unpaired) electrons. The highest BCUT2D eigenvalue weighted by Gasteiger charge is 2.17. The average molecular weight is 312 g/mol.